The van der Waals surface area contributed by atoms with Crippen molar-refractivity contribution in [2.75, 3.05) is 0 Å². The van der Waals surface area contributed by atoms with Crippen molar-refractivity contribution < 1.29 is 13.8 Å². The summed E-state index contributed by atoms with van der Waals surface area (Å²) in [5, 5.41) is 12.5. The Balaban J connectivity index is 1.99. The fourth-order valence-corrected chi connectivity index (χ4v) is 3.54. The Bertz CT molecular complexity index is 1430. The van der Waals surface area contributed by atoms with E-state index >= 15 is 0 Å². The summed E-state index contributed by atoms with van der Waals surface area (Å²) >= 11 is 0. The van der Waals surface area contributed by atoms with Crippen molar-refractivity contribution in [2.24, 2.45) is 0 Å². The van der Waals surface area contributed by atoms with Crippen molar-refractivity contribution in [3.8, 4) is 22.6 Å². The normalized spacial score (nSPS) is 11.2. The molecule has 0 atom stereocenters. The molecule has 6 heteroatoms. The maximum Gasteiger partial charge on any atom is 0.348 e. The van der Waals surface area contributed by atoms with Crippen molar-refractivity contribution in [3.05, 3.63) is 99.4 Å². The first-order valence-corrected chi connectivity index (χ1v) is 8.92. The van der Waals surface area contributed by atoms with Crippen LogP contribution in [0.1, 0.15) is 0 Å². The van der Waals surface area contributed by atoms with E-state index in [0.717, 1.165) is 11.1 Å². The molecule has 0 bridgehead atoms. The third kappa shape index (κ3) is 2.70. The van der Waals surface area contributed by atoms with E-state index in [1.165, 1.54) is 18.2 Å². The van der Waals surface area contributed by atoms with Gasteiger partial charge in [-0.15, -0.1) is 0 Å². The highest BCUT2D eigenvalue weighted by atomic mass is 16.6. The molecule has 0 aliphatic heterocycles. The Labute approximate surface area is 163 Å². The molecule has 0 radical (unpaired) electrons. The van der Waals surface area contributed by atoms with Gasteiger partial charge in [0.25, 0.3) is 5.69 Å². The molecule has 5 rings (SSSR count). The van der Waals surface area contributed by atoms with Gasteiger partial charge in [-0.25, -0.2) is 4.79 Å². The van der Waals surface area contributed by atoms with Crippen LogP contribution in [0, 0.1) is 10.1 Å². The van der Waals surface area contributed by atoms with E-state index < -0.39 is 10.5 Å². The lowest BCUT2D eigenvalue weighted by atomic mass is 10.0. The van der Waals surface area contributed by atoms with Gasteiger partial charge < -0.3 is 8.83 Å². The minimum absolute atomic E-state index is 0.0888. The van der Waals surface area contributed by atoms with Gasteiger partial charge in [-0.3, -0.25) is 10.1 Å². The molecule has 0 aliphatic carbocycles. The molecular weight excluding hydrogens is 370 g/mol. The maximum atomic E-state index is 12.9. The molecule has 0 saturated heterocycles. The number of nitro groups is 1. The van der Waals surface area contributed by atoms with Crippen molar-refractivity contribution >= 4 is 27.4 Å². The van der Waals surface area contributed by atoms with E-state index in [0.29, 0.717) is 22.3 Å². The van der Waals surface area contributed by atoms with Crippen LogP contribution in [0.2, 0.25) is 0 Å². The van der Waals surface area contributed by atoms with Crippen LogP contribution in [0.15, 0.2) is 92.5 Å². The van der Waals surface area contributed by atoms with Gasteiger partial charge >= 0.3 is 5.63 Å². The Kier molecular flexibility index (Phi) is 3.77. The van der Waals surface area contributed by atoms with E-state index in [4.69, 9.17) is 8.83 Å². The quantitative estimate of drug-likeness (QED) is 0.224. The number of fused-ring (bicyclic) bond motifs is 3. The van der Waals surface area contributed by atoms with Crippen LogP contribution in [0.25, 0.3) is 44.4 Å². The number of nitrogens with zero attached hydrogens (tertiary/aromatic N) is 1. The number of non-ortho nitro benzene ring substituents is 1. The van der Waals surface area contributed by atoms with Gasteiger partial charge in [0.1, 0.15) is 22.5 Å². The molecule has 2 aromatic heterocycles. The minimum Gasteiger partial charge on any atom is -0.454 e. The third-order valence-corrected chi connectivity index (χ3v) is 4.83. The number of hydrogen-bond donors (Lipinski definition) is 0. The Morgan fingerprint density at radius 2 is 1.31 bits per heavy atom. The molecule has 6 nitrogen and oxygen atoms in total. The topological polar surface area (TPSA) is 86.5 Å². The average Bonchev–Trinajstić information content (AvgIpc) is 3.16. The molecule has 0 saturated carbocycles. The van der Waals surface area contributed by atoms with Crippen LogP contribution in [0.3, 0.4) is 0 Å². The molecule has 0 fully saturated rings. The number of furan rings is 1. The second-order valence-electron chi connectivity index (χ2n) is 6.57. The van der Waals surface area contributed by atoms with Gasteiger partial charge in [0.2, 0.25) is 0 Å². The van der Waals surface area contributed by atoms with Gasteiger partial charge in [0.05, 0.1) is 4.92 Å². The Morgan fingerprint density at radius 3 is 1.90 bits per heavy atom. The van der Waals surface area contributed by atoms with Crippen LogP contribution in [-0.2, 0) is 0 Å². The van der Waals surface area contributed by atoms with E-state index in [-0.39, 0.29) is 16.7 Å². The SMILES string of the molecule is O=c1oc2ccc([N+](=O)[O-])cc2c2c(-c3ccccc3)oc(-c3ccccc3)c12. The number of benzene rings is 3. The standard InChI is InChI=1S/C23H13NO5/c25-23-20-19(17-13-16(24(26)27)11-12-18(17)28-23)21(14-7-3-1-4-8-14)29-22(20)15-9-5-2-6-10-15/h1-13H. The monoisotopic (exact) mass is 383 g/mol. The van der Waals surface area contributed by atoms with Crippen molar-refractivity contribution in [3.63, 3.8) is 0 Å². The summed E-state index contributed by atoms with van der Waals surface area (Å²) in [4.78, 5) is 23.7. The predicted molar refractivity (Wildman–Crippen MR) is 110 cm³/mol. The van der Waals surface area contributed by atoms with E-state index in [1.807, 2.05) is 60.7 Å². The highest BCUT2D eigenvalue weighted by Gasteiger charge is 2.24. The van der Waals surface area contributed by atoms with Gasteiger partial charge in [-0.1, -0.05) is 60.7 Å². The second-order valence-corrected chi connectivity index (χ2v) is 6.57. The predicted octanol–water partition coefficient (Wildman–Crippen LogP) is 5.78. The number of rotatable bonds is 3. The summed E-state index contributed by atoms with van der Waals surface area (Å²) in [5.74, 6) is 0.847. The Hall–Kier alpha value is -4.19. The third-order valence-electron chi connectivity index (χ3n) is 4.83. The summed E-state index contributed by atoms with van der Waals surface area (Å²) in [5.41, 5.74) is 1.11. The van der Waals surface area contributed by atoms with Crippen LogP contribution >= 0.6 is 0 Å². The van der Waals surface area contributed by atoms with E-state index in [2.05, 4.69) is 0 Å². The molecule has 140 valence electrons. The molecule has 29 heavy (non-hydrogen) atoms. The lowest BCUT2D eigenvalue weighted by Crippen LogP contribution is -2.00. The van der Waals surface area contributed by atoms with Crippen molar-refractivity contribution in [1.29, 1.82) is 0 Å². The van der Waals surface area contributed by atoms with Crippen molar-refractivity contribution in [1.82, 2.24) is 0 Å². The first-order valence-electron chi connectivity index (χ1n) is 8.92. The molecule has 5 aromatic rings. The van der Waals surface area contributed by atoms with E-state index in [1.54, 1.807) is 0 Å². The molecule has 0 unspecified atom stereocenters. The lowest BCUT2D eigenvalue weighted by molar-refractivity contribution is -0.384. The fourth-order valence-electron chi connectivity index (χ4n) is 3.54. The van der Waals surface area contributed by atoms with Crippen LogP contribution < -0.4 is 5.63 Å². The smallest absolute Gasteiger partial charge is 0.348 e. The molecule has 2 heterocycles. The molecule has 0 aliphatic rings. The molecule has 0 N–H and O–H groups in total. The van der Waals surface area contributed by atoms with Gasteiger partial charge in [0.15, 0.2) is 0 Å². The summed E-state index contributed by atoms with van der Waals surface area (Å²) in [6.45, 7) is 0. The molecular formula is C23H13NO5. The second kappa shape index (κ2) is 6.45. The largest absolute Gasteiger partial charge is 0.454 e. The summed E-state index contributed by atoms with van der Waals surface area (Å²) in [7, 11) is 0. The van der Waals surface area contributed by atoms with Crippen LogP contribution in [0.4, 0.5) is 5.69 Å². The van der Waals surface area contributed by atoms with E-state index in [9.17, 15) is 14.9 Å². The van der Waals surface area contributed by atoms with Crippen LogP contribution in [-0.4, -0.2) is 4.92 Å². The van der Waals surface area contributed by atoms with Gasteiger partial charge in [0, 0.05) is 34.0 Å². The van der Waals surface area contributed by atoms with Crippen LogP contribution in [0.5, 0.6) is 0 Å². The highest BCUT2D eigenvalue weighted by molar-refractivity contribution is 6.15. The zero-order valence-corrected chi connectivity index (χ0v) is 15.0. The molecule has 3 aromatic carbocycles. The first-order chi connectivity index (χ1) is 14.1. The van der Waals surface area contributed by atoms with Gasteiger partial charge in [-0.05, 0) is 6.07 Å². The van der Waals surface area contributed by atoms with Gasteiger partial charge in [-0.2, -0.15) is 0 Å². The number of nitro benzene ring substituents is 1. The summed E-state index contributed by atoms with van der Waals surface area (Å²) in [6.07, 6.45) is 0. The zero-order valence-electron chi connectivity index (χ0n) is 15.0. The fraction of sp³-hybridized carbons (Fsp3) is 0. The number of hydrogen-bond acceptors (Lipinski definition) is 5. The zero-order chi connectivity index (χ0) is 20.0. The highest BCUT2D eigenvalue weighted by Crippen LogP contribution is 2.41. The minimum atomic E-state index is -0.550. The maximum absolute atomic E-state index is 12.9. The summed E-state index contributed by atoms with van der Waals surface area (Å²) in [6, 6.07) is 22.7. The molecule has 0 amide bonds. The Morgan fingerprint density at radius 1 is 0.724 bits per heavy atom. The van der Waals surface area contributed by atoms with Crippen molar-refractivity contribution in [2.45, 2.75) is 0 Å². The summed E-state index contributed by atoms with van der Waals surface area (Å²) < 4.78 is 11.7. The first kappa shape index (κ1) is 16.9. The average molecular weight is 383 g/mol. The lowest BCUT2D eigenvalue weighted by Gasteiger charge is -2.02. The molecule has 0 spiro atoms.